The number of carbonyl (C=O) groups is 1. The van der Waals surface area contributed by atoms with Crippen LogP contribution >= 0.6 is 11.6 Å². The lowest BCUT2D eigenvalue weighted by atomic mass is 10.1. The van der Waals surface area contributed by atoms with Gasteiger partial charge in [-0.3, -0.25) is 4.79 Å². The van der Waals surface area contributed by atoms with E-state index in [0.717, 1.165) is 16.8 Å². The largest absolute Gasteiger partial charge is 0.324 e. The van der Waals surface area contributed by atoms with Crippen LogP contribution in [0.25, 0.3) is 0 Å². The number of halogens is 1. The molecule has 0 aliphatic carbocycles. The van der Waals surface area contributed by atoms with E-state index in [2.05, 4.69) is 26.7 Å². The van der Waals surface area contributed by atoms with Gasteiger partial charge in [0, 0.05) is 22.6 Å². The highest BCUT2D eigenvalue weighted by atomic mass is 35.5. The van der Waals surface area contributed by atoms with Gasteiger partial charge in [-0.1, -0.05) is 35.4 Å². The highest BCUT2D eigenvalue weighted by Crippen LogP contribution is 2.21. The third kappa shape index (κ3) is 4.18. The molecule has 1 heterocycles. The summed E-state index contributed by atoms with van der Waals surface area (Å²) in [5.41, 5.74) is 5.00. The van der Waals surface area contributed by atoms with E-state index in [1.807, 2.05) is 39.0 Å². The Morgan fingerprint density at radius 3 is 2.54 bits per heavy atom. The first kappa shape index (κ1) is 17.9. The van der Waals surface area contributed by atoms with E-state index in [1.54, 1.807) is 24.4 Å². The van der Waals surface area contributed by atoms with Crippen LogP contribution < -0.4 is 10.6 Å². The van der Waals surface area contributed by atoms with Gasteiger partial charge in [0.25, 0.3) is 5.91 Å². The van der Waals surface area contributed by atoms with Gasteiger partial charge in [0.15, 0.2) is 0 Å². The van der Waals surface area contributed by atoms with Crippen LogP contribution in [0.5, 0.6) is 0 Å². The van der Waals surface area contributed by atoms with E-state index in [1.165, 1.54) is 5.56 Å². The fraction of sp³-hybridized carbons (Fsp3) is 0.150. The number of hydrogen-bond donors (Lipinski definition) is 2. The minimum Gasteiger partial charge on any atom is -0.324 e. The Balaban J connectivity index is 1.77. The third-order valence-electron chi connectivity index (χ3n) is 3.95. The van der Waals surface area contributed by atoms with Crippen molar-refractivity contribution in [2.24, 2.45) is 0 Å². The molecule has 0 spiro atoms. The van der Waals surface area contributed by atoms with E-state index in [-0.39, 0.29) is 11.6 Å². The van der Waals surface area contributed by atoms with E-state index in [0.29, 0.717) is 16.7 Å². The zero-order valence-corrected chi connectivity index (χ0v) is 15.6. The number of nitrogens with zero attached hydrogens (tertiary/aromatic N) is 2. The van der Waals surface area contributed by atoms with E-state index in [9.17, 15) is 4.79 Å². The van der Waals surface area contributed by atoms with Crippen molar-refractivity contribution in [3.63, 3.8) is 0 Å². The molecule has 0 saturated carbocycles. The minimum absolute atomic E-state index is 0.268. The first-order chi connectivity index (χ1) is 12.4. The van der Waals surface area contributed by atoms with Gasteiger partial charge in [-0.25, -0.2) is 9.97 Å². The van der Waals surface area contributed by atoms with Crippen LogP contribution in [0.15, 0.2) is 48.7 Å². The van der Waals surface area contributed by atoms with Crippen LogP contribution in [0.1, 0.15) is 27.2 Å². The quantitative estimate of drug-likeness (QED) is 0.678. The van der Waals surface area contributed by atoms with Gasteiger partial charge in [-0.2, -0.15) is 0 Å². The van der Waals surface area contributed by atoms with Crippen molar-refractivity contribution in [2.75, 3.05) is 10.6 Å². The SMILES string of the molecule is Cc1ccc(Nc2nccc(C(=O)Nc3ccc(C)c(Cl)c3)n2)c(C)c1. The monoisotopic (exact) mass is 366 g/mol. The number of carbonyl (C=O) groups excluding carboxylic acids is 1. The van der Waals surface area contributed by atoms with Crippen molar-refractivity contribution in [2.45, 2.75) is 20.8 Å². The third-order valence-corrected chi connectivity index (χ3v) is 4.35. The minimum atomic E-state index is -0.323. The summed E-state index contributed by atoms with van der Waals surface area (Å²) >= 11 is 6.10. The summed E-state index contributed by atoms with van der Waals surface area (Å²) in [5.74, 6) is 0.0440. The summed E-state index contributed by atoms with van der Waals surface area (Å²) in [7, 11) is 0. The highest BCUT2D eigenvalue weighted by Gasteiger charge is 2.11. The zero-order valence-electron chi connectivity index (χ0n) is 14.8. The van der Waals surface area contributed by atoms with Crippen molar-refractivity contribution in [3.05, 3.63) is 76.1 Å². The Morgan fingerprint density at radius 2 is 1.81 bits per heavy atom. The Labute approximate surface area is 157 Å². The molecule has 3 aromatic rings. The molecule has 2 aromatic carbocycles. The molecule has 0 aliphatic heterocycles. The topological polar surface area (TPSA) is 66.9 Å². The Hall–Kier alpha value is -2.92. The van der Waals surface area contributed by atoms with Crippen molar-refractivity contribution < 1.29 is 4.79 Å². The molecule has 6 heteroatoms. The Bertz CT molecular complexity index is 972. The molecule has 0 bridgehead atoms. The lowest BCUT2D eigenvalue weighted by Gasteiger charge is -2.10. The molecule has 3 rings (SSSR count). The van der Waals surface area contributed by atoms with E-state index in [4.69, 9.17) is 11.6 Å². The second-order valence-corrected chi connectivity index (χ2v) is 6.53. The molecular formula is C20H19ClN4O. The summed E-state index contributed by atoms with van der Waals surface area (Å²) in [6, 6.07) is 13.0. The van der Waals surface area contributed by atoms with Crippen LogP contribution in [0.2, 0.25) is 5.02 Å². The molecule has 0 unspecified atom stereocenters. The fourth-order valence-electron chi connectivity index (χ4n) is 2.49. The molecule has 2 N–H and O–H groups in total. The molecule has 0 aliphatic rings. The Morgan fingerprint density at radius 1 is 1.00 bits per heavy atom. The van der Waals surface area contributed by atoms with Gasteiger partial charge in [0.2, 0.25) is 5.95 Å². The number of rotatable bonds is 4. The molecule has 26 heavy (non-hydrogen) atoms. The maximum atomic E-state index is 12.5. The van der Waals surface area contributed by atoms with Crippen molar-refractivity contribution in [1.29, 1.82) is 0 Å². The van der Waals surface area contributed by atoms with Gasteiger partial charge >= 0.3 is 0 Å². The molecule has 1 aromatic heterocycles. The highest BCUT2D eigenvalue weighted by molar-refractivity contribution is 6.31. The lowest BCUT2D eigenvalue weighted by Crippen LogP contribution is -2.15. The molecule has 0 saturated heterocycles. The van der Waals surface area contributed by atoms with Crippen molar-refractivity contribution in [3.8, 4) is 0 Å². The number of aryl methyl sites for hydroxylation is 3. The van der Waals surface area contributed by atoms with E-state index >= 15 is 0 Å². The van der Waals surface area contributed by atoms with Crippen molar-refractivity contribution >= 4 is 34.8 Å². The number of amides is 1. The van der Waals surface area contributed by atoms with E-state index < -0.39 is 0 Å². The smallest absolute Gasteiger partial charge is 0.274 e. The van der Waals surface area contributed by atoms with Crippen LogP contribution in [0.4, 0.5) is 17.3 Å². The summed E-state index contributed by atoms with van der Waals surface area (Å²) in [6.07, 6.45) is 1.55. The Kier molecular flexibility index (Phi) is 5.19. The van der Waals surface area contributed by atoms with Crippen LogP contribution in [-0.4, -0.2) is 15.9 Å². The lowest BCUT2D eigenvalue weighted by molar-refractivity contribution is 0.102. The summed E-state index contributed by atoms with van der Waals surface area (Å²) < 4.78 is 0. The van der Waals surface area contributed by atoms with Gasteiger partial charge < -0.3 is 10.6 Å². The number of hydrogen-bond acceptors (Lipinski definition) is 4. The normalized spacial score (nSPS) is 10.5. The van der Waals surface area contributed by atoms with Crippen molar-refractivity contribution in [1.82, 2.24) is 9.97 Å². The number of anilines is 3. The average Bonchev–Trinajstić information content (AvgIpc) is 2.61. The maximum absolute atomic E-state index is 12.5. The van der Waals surface area contributed by atoms with Crippen LogP contribution in [0, 0.1) is 20.8 Å². The van der Waals surface area contributed by atoms with Gasteiger partial charge in [-0.15, -0.1) is 0 Å². The fourth-order valence-corrected chi connectivity index (χ4v) is 2.67. The molecule has 0 radical (unpaired) electrons. The van der Waals surface area contributed by atoms with Crippen LogP contribution in [0.3, 0.4) is 0 Å². The standard InChI is InChI=1S/C20H19ClN4O/c1-12-4-7-17(14(3)10-12)24-20-22-9-8-18(25-20)19(26)23-15-6-5-13(2)16(21)11-15/h4-11H,1-3H3,(H,23,26)(H,22,24,25). The molecule has 1 amide bonds. The average molecular weight is 367 g/mol. The molecule has 5 nitrogen and oxygen atoms in total. The first-order valence-electron chi connectivity index (χ1n) is 8.17. The summed E-state index contributed by atoms with van der Waals surface area (Å²) in [4.78, 5) is 20.9. The zero-order chi connectivity index (χ0) is 18.7. The van der Waals surface area contributed by atoms with Gasteiger partial charge in [0.05, 0.1) is 0 Å². The first-order valence-corrected chi connectivity index (χ1v) is 8.55. The second-order valence-electron chi connectivity index (χ2n) is 6.13. The number of aromatic nitrogens is 2. The maximum Gasteiger partial charge on any atom is 0.274 e. The van der Waals surface area contributed by atoms with Gasteiger partial charge in [0.1, 0.15) is 5.69 Å². The summed E-state index contributed by atoms with van der Waals surface area (Å²) in [6.45, 7) is 5.95. The van der Waals surface area contributed by atoms with Crippen LogP contribution in [-0.2, 0) is 0 Å². The predicted octanol–water partition coefficient (Wildman–Crippen LogP) is 5.05. The number of nitrogens with one attached hydrogen (secondary N) is 2. The number of benzene rings is 2. The second kappa shape index (κ2) is 7.54. The molecule has 132 valence electrons. The molecule has 0 atom stereocenters. The predicted molar refractivity (Wildman–Crippen MR) is 105 cm³/mol. The molecular weight excluding hydrogens is 348 g/mol. The van der Waals surface area contributed by atoms with Gasteiger partial charge in [-0.05, 0) is 56.2 Å². The molecule has 0 fully saturated rings. The summed E-state index contributed by atoms with van der Waals surface area (Å²) in [5, 5.41) is 6.55.